The molecule has 0 aliphatic carbocycles. The lowest BCUT2D eigenvalue weighted by Gasteiger charge is -2.11. The van der Waals surface area contributed by atoms with E-state index in [2.05, 4.69) is 4.98 Å². The topological polar surface area (TPSA) is 94.2 Å². The molecule has 1 aromatic carbocycles. The molecule has 0 unspecified atom stereocenters. The summed E-state index contributed by atoms with van der Waals surface area (Å²) in [6, 6.07) is 8.86. The Labute approximate surface area is 142 Å². The number of nitrogens with zero attached hydrogens (tertiary/aromatic N) is 3. The molecule has 2 heterocycles. The van der Waals surface area contributed by atoms with Crippen LogP contribution in [0.15, 0.2) is 52.3 Å². The summed E-state index contributed by atoms with van der Waals surface area (Å²) in [5.41, 5.74) is 1.34. The van der Waals surface area contributed by atoms with Crippen molar-refractivity contribution < 1.29 is 9.90 Å². The molecule has 3 rings (SSSR count). The molecule has 25 heavy (non-hydrogen) atoms. The van der Waals surface area contributed by atoms with Crippen LogP contribution < -0.4 is 11.2 Å². The Hall–Kier alpha value is -3.22. The number of carboxylic acids is 1. The molecule has 3 aromatic rings. The molecule has 0 atom stereocenters. The van der Waals surface area contributed by atoms with Crippen molar-refractivity contribution in [2.45, 2.75) is 19.4 Å². The Bertz CT molecular complexity index is 1070. The van der Waals surface area contributed by atoms with Gasteiger partial charge >= 0.3 is 11.7 Å². The highest BCUT2D eigenvalue weighted by Gasteiger charge is 2.11. The van der Waals surface area contributed by atoms with E-state index in [1.54, 1.807) is 19.2 Å². The van der Waals surface area contributed by atoms with Gasteiger partial charge in [-0.1, -0.05) is 24.3 Å². The lowest BCUT2D eigenvalue weighted by molar-refractivity contribution is -0.136. The Balaban J connectivity index is 2.01. The van der Waals surface area contributed by atoms with E-state index in [0.29, 0.717) is 17.3 Å². The van der Waals surface area contributed by atoms with Gasteiger partial charge in [0.1, 0.15) is 0 Å². The number of carboxylic acid groups (broad SMARTS) is 1. The molecule has 2 aromatic heterocycles. The molecule has 0 aliphatic rings. The molecule has 128 valence electrons. The third-order valence-corrected chi connectivity index (χ3v) is 4.11. The van der Waals surface area contributed by atoms with Crippen LogP contribution in [0.4, 0.5) is 0 Å². The summed E-state index contributed by atoms with van der Waals surface area (Å²) in [6.07, 6.45) is 3.45. The summed E-state index contributed by atoms with van der Waals surface area (Å²) in [4.78, 5) is 39.8. The third kappa shape index (κ3) is 3.35. The molecule has 0 bridgehead atoms. The van der Waals surface area contributed by atoms with Crippen LogP contribution in [0.25, 0.3) is 10.9 Å². The monoisotopic (exact) mass is 339 g/mol. The van der Waals surface area contributed by atoms with E-state index in [1.807, 2.05) is 18.2 Å². The van der Waals surface area contributed by atoms with Gasteiger partial charge in [-0.25, -0.2) is 4.79 Å². The van der Waals surface area contributed by atoms with Gasteiger partial charge in [-0.15, -0.1) is 0 Å². The van der Waals surface area contributed by atoms with Crippen molar-refractivity contribution in [1.82, 2.24) is 14.1 Å². The number of hydrogen-bond acceptors (Lipinski definition) is 4. The van der Waals surface area contributed by atoms with Gasteiger partial charge < -0.3 is 5.11 Å². The van der Waals surface area contributed by atoms with Crippen LogP contribution in [0, 0.1) is 0 Å². The van der Waals surface area contributed by atoms with E-state index >= 15 is 0 Å². The molecule has 0 spiro atoms. The molecule has 0 saturated carbocycles. The van der Waals surface area contributed by atoms with Crippen LogP contribution in [0.5, 0.6) is 0 Å². The van der Waals surface area contributed by atoms with Crippen molar-refractivity contribution in [1.29, 1.82) is 0 Å². The molecule has 0 radical (unpaired) electrons. The van der Waals surface area contributed by atoms with Crippen LogP contribution in [0.3, 0.4) is 0 Å². The van der Waals surface area contributed by atoms with Crippen molar-refractivity contribution in [3.63, 3.8) is 0 Å². The average molecular weight is 339 g/mol. The minimum Gasteiger partial charge on any atom is -0.481 e. The summed E-state index contributed by atoms with van der Waals surface area (Å²) in [6.45, 7) is 0.130. The first-order valence-corrected chi connectivity index (χ1v) is 7.80. The van der Waals surface area contributed by atoms with Gasteiger partial charge in [-0.3, -0.25) is 23.7 Å². The number of rotatable bonds is 5. The fraction of sp³-hybridized carbons (Fsp3) is 0.222. The first-order chi connectivity index (χ1) is 12.0. The largest absolute Gasteiger partial charge is 0.481 e. The molecular weight excluding hydrogens is 322 g/mol. The van der Waals surface area contributed by atoms with Crippen molar-refractivity contribution >= 4 is 16.9 Å². The maximum absolute atomic E-state index is 12.6. The second kappa shape index (κ2) is 6.72. The fourth-order valence-corrected chi connectivity index (χ4v) is 2.81. The molecule has 7 heteroatoms. The number of fused-ring (bicyclic) bond motifs is 1. The average Bonchev–Trinajstić information content (AvgIpc) is 2.62. The zero-order valence-electron chi connectivity index (χ0n) is 13.7. The Morgan fingerprint density at radius 1 is 1.20 bits per heavy atom. The molecule has 0 saturated heterocycles. The fourth-order valence-electron chi connectivity index (χ4n) is 2.81. The first-order valence-electron chi connectivity index (χ1n) is 7.80. The highest BCUT2D eigenvalue weighted by atomic mass is 16.4. The predicted molar refractivity (Wildman–Crippen MR) is 92.7 cm³/mol. The Morgan fingerprint density at radius 2 is 1.96 bits per heavy atom. The van der Waals surface area contributed by atoms with Gasteiger partial charge in [0.25, 0.3) is 5.56 Å². The van der Waals surface area contributed by atoms with Crippen LogP contribution in [0.2, 0.25) is 0 Å². The minimum atomic E-state index is -0.862. The normalized spacial score (nSPS) is 10.9. The predicted octanol–water partition coefficient (Wildman–Crippen LogP) is 1.16. The SMILES string of the molecule is Cn1c(=O)n(Cc2cccc(CCC(=O)O)c2)c(=O)c2ccncc21. The van der Waals surface area contributed by atoms with Crippen molar-refractivity contribution in [2.75, 3.05) is 0 Å². The molecule has 0 amide bonds. The van der Waals surface area contributed by atoms with E-state index in [4.69, 9.17) is 5.11 Å². The van der Waals surface area contributed by atoms with Crippen LogP contribution in [-0.4, -0.2) is 25.2 Å². The van der Waals surface area contributed by atoms with Gasteiger partial charge in [-0.2, -0.15) is 0 Å². The second-order valence-electron chi connectivity index (χ2n) is 5.84. The van der Waals surface area contributed by atoms with Crippen LogP contribution in [0.1, 0.15) is 17.5 Å². The summed E-state index contributed by atoms with van der Waals surface area (Å²) < 4.78 is 2.58. The van der Waals surface area contributed by atoms with Gasteiger partial charge in [0.15, 0.2) is 0 Å². The van der Waals surface area contributed by atoms with E-state index in [9.17, 15) is 14.4 Å². The number of aryl methyl sites for hydroxylation is 2. The minimum absolute atomic E-state index is 0.0359. The highest BCUT2D eigenvalue weighted by Crippen LogP contribution is 2.09. The van der Waals surface area contributed by atoms with Gasteiger partial charge in [0, 0.05) is 19.7 Å². The third-order valence-electron chi connectivity index (χ3n) is 4.11. The van der Waals surface area contributed by atoms with Crippen molar-refractivity contribution in [3.8, 4) is 0 Å². The van der Waals surface area contributed by atoms with E-state index in [0.717, 1.165) is 11.1 Å². The van der Waals surface area contributed by atoms with E-state index in [1.165, 1.54) is 21.5 Å². The number of aliphatic carboxylic acids is 1. The smallest absolute Gasteiger partial charge is 0.331 e. The number of aromatic nitrogens is 3. The molecule has 0 aliphatic heterocycles. The van der Waals surface area contributed by atoms with E-state index < -0.39 is 11.7 Å². The number of benzene rings is 1. The number of pyridine rings is 1. The standard InChI is InChI=1S/C18H17N3O4/c1-20-15-10-19-8-7-14(15)17(24)21(18(20)25)11-13-4-2-3-12(9-13)5-6-16(22)23/h2-4,7-10H,5-6,11H2,1H3,(H,22,23). The van der Waals surface area contributed by atoms with Crippen molar-refractivity contribution in [2.24, 2.45) is 7.05 Å². The van der Waals surface area contributed by atoms with Crippen LogP contribution in [-0.2, 0) is 24.8 Å². The Morgan fingerprint density at radius 3 is 2.72 bits per heavy atom. The first kappa shape index (κ1) is 16.6. The quantitative estimate of drug-likeness (QED) is 0.753. The lowest BCUT2D eigenvalue weighted by atomic mass is 10.1. The van der Waals surface area contributed by atoms with Gasteiger partial charge in [0.05, 0.1) is 23.6 Å². The summed E-state index contributed by atoms with van der Waals surface area (Å²) in [5, 5.41) is 9.22. The maximum Gasteiger partial charge on any atom is 0.331 e. The Kier molecular flexibility index (Phi) is 4.47. The molecule has 0 fully saturated rings. The second-order valence-corrected chi connectivity index (χ2v) is 5.84. The van der Waals surface area contributed by atoms with E-state index in [-0.39, 0.29) is 18.5 Å². The molecular formula is C18H17N3O4. The van der Waals surface area contributed by atoms with Crippen molar-refractivity contribution in [3.05, 3.63) is 74.7 Å². The maximum atomic E-state index is 12.6. The zero-order chi connectivity index (χ0) is 18.0. The number of hydrogen-bond donors (Lipinski definition) is 1. The summed E-state index contributed by atoms with van der Waals surface area (Å²) >= 11 is 0. The molecule has 1 N–H and O–H groups in total. The highest BCUT2D eigenvalue weighted by molar-refractivity contribution is 5.76. The zero-order valence-corrected chi connectivity index (χ0v) is 13.7. The van der Waals surface area contributed by atoms with Gasteiger partial charge in [-0.05, 0) is 23.6 Å². The molecule has 7 nitrogen and oxygen atoms in total. The van der Waals surface area contributed by atoms with Crippen LogP contribution >= 0.6 is 0 Å². The summed E-state index contributed by atoms with van der Waals surface area (Å²) in [7, 11) is 1.60. The lowest BCUT2D eigenvalue weighted by Crippen LogP contribution is -2.39. The number of carbonyl (C=O) groups is 1. The van der Waals surface area contributed by atoms with Gasteiger partial charge in [0.2, 0.25) is 0 Å². The summed E-state index contributed by atoms with van der Waals surface area (Å²) in [5.74, 6) is -0.862.